The summed E-state index contributed by atoms with van der Waals surface area (Å²) in [6, 6.07) is 1.72. The van der Waals surface area contributed by atoms with Gasteiger partial charge < -0.3 is 0 Å². The Morgan fingerprint density at radius 2 is 2.22 bits per heavy atom. The third-order valence-corrected chi connectivity index (χ3v) is 0.894. The zero-order chi connectivity index (χ0) is 7.11. The van der Waals surface area contributed by atoms with Crippen molar-refractivity contribution in [2.24, 2.45) is 0 Å². The number of rotatable bonds is 0. The zero-order valence-corrected chi connectivity index (χ0v) is 9.04. The molecule has 1 aromatic heterocycles. The minimum absolute atomic E-state index is 0.125. The van der Waals surface area contributed by atoms with Crippen molar-refractivity contribution in [3.8, 4) is 0 Å². The number of aromatic nitrogens is 3. The van der Waals surface area contributed by atoms with Crippen LogP contribution in [0.2, 0.25) is 0 Å². The standard InChI is InChI=1S/C3H2BrN3.O.Zn/c4-3-1-2-5-7-6-3;;/h1-2H;;. The van der Waals surface area contributed by atoms with E-state index >= 15 is 0 Å². The molecule has 6 heteroatoms. The Labute approximate surface area is 70.1 Å². The molecule has 4 nitrogen and oxygen atoms in total. The Balaban J connectivity index is 0.000000291. The van der Waals surface area contributed by atoms with Crippen LogP contribution in [-0.2, 0) is 21.8 Å². The van der Waals surface area contributed by atoms with E-state index < -0.39 is 0 Å². The molecule has 0 spiro atoms. The van der Waals surface area contributed by atoms with Crippen molar-refractivity contribution in [3.63, 3.8) is 0 Å². The van der Waals surface area contributed by atoms with Crippen LogP contribution < -0.4 is 0 Å². The number of hydrogen-bond acceptors (Lipinski definition) is 4. The summed E-state index contributed by atoms with van der Waals surface area (Å²) in [6.45, 7) is 0. The predicted molar refractivity (Wildman–Crippen MR) is 28.2 cm³/mol. The molecule has 0 fully saturated rings. The molecule has 0 atom stereocenters. The number of halogens is 1. The molecule has 1 heterocycles. The van der Waals surface area contributed by atoms with E-state index in [1.165, 1.54) is 0 Å². The van der Waals surface area contributed by atoms with Crippen molar-refractivity contribution < 1.29 is 21.8 Å². The summed E-state index contributed by atoms with van der Waals surface area (Å²) in [4.78, 5) is 0. The maximum atomic E-state index is 8.38. The summed E-state index contributed by atoms with van der Waals surface area (Å²) >= 11 is 3.22. The van der Waals surface area contributed by atoms with Crippen molar-refractivity contribution >= 4 is 15.9 Å². The van der Waals surface area contributed by atoms with Gasteiger partial charge in [-0.15, -0.1) is 10.2 Å². The first-order valence-corrected chi connectivity index (χ1v) is 3.99. The summed E-state index contributed by atoms with van der Waals surface area (Å²) in [7, 11) is 0. The van der Waals surface area contributed by atoms with Crippen molar-refractivity contribution in [1.82, 2.24) is 15.4 Å². The molecule has 1 rings (SSSR count). The molecule has 0 aromatic carbocycles. The zero-order valence-electron chi connectivity index (χ0n) is 4.49. The molecule has 0 aliphatic heterocycles. The van der Waals surface area contributed by atoms with Crippen LogP contribution in [0, 0.1) is 0 Å². The monoisotopic (exact) mass is 239 g/mol. The van der Waals surface area contributed by atoms with Crippen molar-refractivity contribution in [1.29, 1.82) is 0 Å². The second-order valence-electron chi connectivity index (χ2n) is 0.943. The van der Waals surface area contributed by atoms with E-state index in [0.29, 0.717) is 4.60 Å². The van der Waals surface area contributed by atoms with E-state index in [9.17, 15) is 0 Å². The Hall–Kier alpha value is -0.0866. The molecule has 0 amide bonds. The van der Waals surface area contributed by atoms with Gasteiger partial charge in [-0.2, -0.15) is 0 Å². The first kappa shape index (κ1) is 8.91. The average Bonchev–Trinajstić information content (AvgIpc) is 1.94. The van der Waals surface area contributed by atoms with Crippen LogP contribution in [0.25, 0.3) is 0 Å². The van der Waals surface area contributed by atoms with E-state index in [1.54, 1.807) is 12.3 Å². The van der Waals surface area contributed by atoms with Gasteiger partial charge in [0, 0.05) is 0 Å². The van der Waals surface area contributed by atoms with Crippen LogP contribution in [0.5, 0.6) is 0 Å². The van der Waals surface area contributed by atoms with Gasteiger partial charge >= 0.3 is 21.8 Å². The third-order valence-electron chi connectivity index (χ3n) is 0.471. The van der Waals surface area contributed by atoms with Crippen LogP contribution in [-0.4, -0.2) is 15.4 Å². The SMILES string of the molecule is Brc1ccnnn1.[O]=[Zn]. The minimum atomic E-state index is 0.125. The van der Waals surface area contributed by atoms with Crippen molar-refractivity contribution in [2.45, 2.75) is 0 Å². The summed E-state index contributed by atoms with van der Waals surface area (Å²) in [5.41, 5.74) is 0. The fourth-order valence-electron chi connectivity index (χ4n) is 0.227. The first-order valence-electron chi connectivity index (χ1n) is 1.98. The molecule has 9 heavy (non-hydrogen) atoms. The Kier molecular flexibility index (Phi) is 5.98. The molecule has 0 bridgehead atoms. The number of nitrogens with zero attached hydrogens (tertiary/aromatic N) is 3. The molecule has 1 aromatic rings. The number of hydrogen-bond donors (Lipinski definition) is 0. The van der Waals surface area contributed by atoms with E-state index in [4.69, 9.17) is 3.57 Å². The van der Waals surface area contributed by atoms with Crippen molar-refractivity contribution in [3.05, 3.63) is 16.9 Å². The summed E-state index contributed by atoms with van der Waals surface area (Å²) in [6.07, 6.45) is 1.57. The van der Waals surface area contributed by atoms with E-state index in [1.807, 2.05) is 0 Å². The van der Waals surface area contributed by atoms with E-state index in [-0.39, 0.29) is 18.3 Å². The maximum absolute atomic E-state index is 8.38. The fourth-order valence-corrected chi connectivity index (χ4v) is 0.416. The van der Waals surface area contributed by atoms with E-state index in [0.717, 1.165) is 0 Å². The topological polar surface area (TPSA) is 55.7 Å². The van der Waals surface area contributed by atoms with Crippen LogP contribution >= 0.6 is 15.9 Å². The Morgan fingerprint density at radius 3 is 2.44 bits per heavy atom. The van der Waals surface area contributed by atoms with Crippen LogP contribution in [0.3, 0.4) is 0 Å². The van der Waals surface area contributed by atoms with Gasteiger partial charge in [0.2, 0.25) is 0 Å². The van der Waals surface area contributed by atoms with Crippen LogP contribution in [0.1, 0.15) is 0 Å². The van der Waals surface area contributed by atoms with Gasteiger partial charge in [0.05, 0.1) is 6.20 Å². The molecule has 0 aliphatic rings. The Morgan fingerprint density at radius 1 is 1.56 bits per heavy atom. The van der Waals surface area contributed by atoms with Gasteiger partial charge in [0.25, 0.3) is 0 Å². The van der Waals surface area contributed by atoms with Gasteiger partial charge in [-0.05, 0) is 27.2 Å². The second-order valence-corrected chi connectivity index (χ2v) is 1.76. The van der Waals surface area contributed by atoms with Gasteiger partial charge in [0.1, 0.15) is 4.60 Å². The Bertz CT molecular complexity index is 160. The molecule has 0 unspecified atom stereocenters. The van der Waals surface area contributed by atoms with Crippen LogP contribution in [0.4, 0.5) is 0 Å². The molecular weight excluding hydrogens is 239 g/mol. The normalized spacial score (nSPS) is 7.44. The van der Waals surface area contributed by atoms with Gasteiger partial charge in [-0.1, -0.05) is 0 Å². The van der Waals surface area contributed by atoms with Crippen LogP contribution in [0.15, 0.2) is 16.9 Å². The van der Waals surface area contributed by atoms with Gasteiger partial charge in [0.15, 0.2) is 0 Å². The fraction of sp³-hybridized carbons (Fsp3) is 0. The van der Waals surface area contributed by atoms with E-state index in [2.05, 4.69) is 31.3 Å². The molecule has 0 aliphatic carbocycles. The van der Waals surface area contributed by atoms with Gasteiger partial charge in [-0.25, -0.2) is 0 Å². The first-order chi connectivity index (χ1) is 4.39. The molecule has 0 radical (unpaired) electrons. The summed E-state index contributed by atoms with van der Waals surface area (Å²) in [5.74, 6) is 0. The molecule has 44 valence electrons. The second kappa shape index (κ2) is 6.04. The average molecular weight is 241 g/mol. The summed E-state index contributed by atoms with van der Waals surface area (Å²) < 4.78 is 9.09. The van der Waals surface area contributed by atoms with Gasteiger partial charge in [-0.3, -0.25) is 0 Å². The quantitative estimate of drug-likeness (QED) is 0.621. The predicted octanol–water partition coefficient (Wildman–Crippen LogP) is 0.513. The van der Waals surface area contributed by atoms with Crippen molar-refractivity contribution in [2.75, 3.05) is 0 Å². The molecule has 0 saturated heterocycles. The molecule has 0 N–H and O–H groups in total. The third kappa shape index (κ3) is 4.42. The summed E-state index contributed by atoms with van der Waals surface area (Å²) in [5, 5.41) is 10.3. The molecular formula is C3H2BrN3OZn. The molecule has 0 saturated carbocycles.